The molecule has 0 unspecified atom stereocenters. The Kier molecular flexibility index (Phi) is 3.40. The number of anilines is 1. The zero-order chi connectivity index (χ0) is 14.1. The Labute approximate surface area is 118 Å². The summed E-state index contributed by atoms with van der Waals surface area (Å²) in [4.78, 5) is 9.27. The number of nitrogens with one attached hydrogen (secondary N) is 1. The van der Waals surface area contributed by atoms with E-state index in [1.54, 1.807) is 0 Å². The van der Waals surface area contributed by atoms with Gasteiger partial charge in [0.05, 0.1) is 30.7 Å². The SMILES string of the molecule is CNc1nc(-c2cnn(C(C)C)c2)nc2c1COCC2. The van der Waals surface area contributed by atoms with Crippen LogP contribution in [-0.4, -0.2) is 33.4 Å². The summed E-state index contributed by atoms with van der Waals surface area (Å²) in [6, 6.07) is 0.332. The van der Waals surface area contributed by atoms with Crippen LogP contribution in [0, 0.1) is 0 Å². The molecule has 0 fully saturated rings. The molecule has 1 aliphatic heterocycles. The van der Waals surface area contributed by atoms with Crippen molar-refractivity contribution in [3.63, 3.8) is 0 Å². The minimum Gasteiger partial charge on any atom is -0.376 e. The Morgan fingerprint density at radius 1 is 1.35 bits per heavy atom. The lowest BCUT2D eigenvalue weighted by Gasteiger charge is -2.18. The van der Waals surface area contributed by atoms with Crippen molar-refractivity contribution < 1.29 is 4.74 Å². The van der Waals surface area contributed by atoms with Gasteiger partial charge in [-0.2, -0.15) is 5.10 Å². The molecular weight excluding hydrogens is 254 g/mol. The number of ether oxygens (including phenoxy) is 1. The highest BCUT2D eigenvalue weighted by Gasteiger charge is 2.19. The van der Waals surface area contributed by atoms with E-state index in [9.17, 15) is 0 Å². The normalized spacial score (nSPS) is 14.4. The van der Waals surface area contributed by atoms with E-state index in [4.69, 9.17) is 4.74 Å². The van der Waals surface area contributed by atoms with E-state index < -0.39 is 0 Å². The fraction of sp³-hybridized carbons (Fsp3) is 0.500. The van der Waals surface area contributed by atoms with Crippen LogP contribution in [0.4, 0.5) is 5.82 Å². The van der Waals surface area contributed by atoms with Crippen LogP contribution in [0.25, 0.3) is 11.4 Å². The van der Waals surface area contributed by atoms with Crippen LogP contribution >= 0.6 is 0 Å². The molecule has 0 spiro atoms. The third-order valence-electron chi connectivity index (χ3n) is 3.45. The first kappa shape index (κ1) is 13.1. The van der Waals surface area contributed by atoms with Crippen LogP contribution in [0.2, 0.25) is 0 Å². The molecule has 0 bridgehead atoms. The van der Waals surface area contributed by atoms with Gasteiger partial charge in [0.1, 0.15) is 5.82 Å². The number of hydrogen-bond acceptors (Lipinski definition) is 5. The van der Waals surface area contributed by atoms with Crippen molar-refractivity contribution in [1.82, 2.24) is 19.7 Å². The first-order chi connectivity index (χ1) is 9.69. The molecule has 6 heteroatoms. The van der Waals surface area contributed by atoms with Gasteiger partial charge in [0.2, 0.25) is 0 Å². The van der Waals surface area contributed by atoms with E-state index >= 15 is 0 Å². The first-order valence-corrected chi connectivity index (χ1v) is 6.89. The molecule has 0 radical (unpaired) electrons. The molecular formula is C14H19N5O. The molecule has 6 nitrogen and oxygen atoms in total. The predicted octanol–water partition coefficient (Wildman–Crippen LogP) is 2.04. The summed E-state index contributed by atoms with van der Waals surface area (Å²) in [5.74, 6) is 1.57. The van der Waals surface area contributed by atoms with Gasteiger partial charge in [0, 0.05) is 31.3 Å². The highest BCUT2D eigenvalue weighted by molar-refractivity contribution is 5.58. The zero-order valence-electron chi connectivity index (χ0n) is 12.1. The lowest BCUT2D eigenvalue weighted by atomic mass is 10.1. The summed E-state index contributed by atoms with van der Waals surface area (Å²) in [5, 5.41) is 7.49. The second-order valence-electron chi connectivity index (χ2n) is 5.18. The molecule has 3 rings (SSSR count). The Morgan fingerprint density at radius 3 is 2.90 bits per heavy atom. The maximum absolute atomic E-state index is 5.48. The fourth-order valence-electron chi connectivity index (χ4n) is 2.30. The van der Waals surface area contributed by atoms with Crippen LogP contribution in [0.1, 0.15) is 31.1 Å². The largest absolute Gasteiger partial charge is 0.376 e. The van der Waals surface area contributed by atoms with Gasteiger partial charge in [-0.1, -0.05) is 0 Å². The van der Waals surface area contributed by atoms with E-state index in [0.29, 0.717) is 12.6 Å². The minimum absolute atomic E-state index is 0.332. The molecule has 0 saturated heterocycles. The maximum Gasteiger partial charge on any atom is 0.164 e. The highest BCUT2D eigenvalue weighted by atomic mass is 16.5. The average Bonchev–Trinajstić information content (AvgIpc) is 2.96. The molecule has 1 N–H and O–H groups in total. The van der Waals surface area contributed by atoms with Gasteiger partial charge < -0.3 is 10.1 Å². The van der Waals surface area contributed by atoms with Gasteiger partial charge in [0.25, 0.3) is 0 Å². The van der Waals surface area contributed by atoms with Crippen molar-refractivity contribution in [3.05, 3.63) is 23.7 Å². The molecule has 0 saturated carbocycles. The smallest absolute Gasteiger partial charge is 0.164 e. The fourth-order valence-corrected chi connectivity index (χ4v) is 2.30. The molecule has 0 aromatic carbocycles. The number of hydrogen-bond donors (Lipinski definition) is 1. The molecule has 0 aliphatic carbocycles. The minimum atomic E-state index is 0.332. The summed E-state index contributed by atoms with van der Waals surface area (Å²) >= 11 is 0. The molecule has 2 aromatic heterocycles. The van der Waals surface area contributed by atoms with Crippen molar-refractivity contribution >= 4 is 5.82 Å². The standard InChI is InChI=1S/C14H19N5O/c1-9(2)19-7-10(6-16-19)13-17-12-4-5-20-8-11(12)14(15-3)18-13/h6-7,9H,4-5,8H2,1-3H3,(H,15,17,18). The monoisotopic (exact) mass is 273 g/mol. The Hall–Kier alpha value is -1.95. The maximum atomic E-state index is 5.48. The summed E-state index contributed by atoms with van der Waals surface area (Å²) in [6.45, 7) is 5.50. The molecule has 3 heterocycles. The van der Waals surface area contributed by atoms with Crippen molar-refractivity contribution in [3.8, 4) is 11.4 Å². The van der Waals surface area contributed by atoms with Crippen LogP contribution in [0.15, 0.2) is 12.4 Å². The summed E-state index contributed by atoms with van der Waals surface area (Å²) in [5.41, 5.74) is 3.09. The van der Waals surface area contributed by atoms with E-state index in [-0.39, 0.29) is 0 Å². The highest BCUT2D eigenvalue weighted by Crippen LogP contribution is 2.26. The summed E-state index contributed by atoms with van der Waals surface area (Å²) in [7, 11) is 1.87. The average molecular weight is 273 g/mol. The number of rotatable bonds is 3. The van der Waals surface area contributed by atoms with Crippen molar-refractivity contribution in [2.24, 2.45) is 0 Å². The van der Waals surface area contributed by atoms with Crippen LogP contribution in [-0.2, 0) is 17.8 Å². The van der Waals surface area contributed by atoms with Gasteiger partial charge in [0.15, 0.2) is 5.82 Å². The second-order valence-corrected chi connectivity index (χ2v) is 5.18. The Morgan fingerprint density at radius 2 is 2.20 bits per heavy atom. The molecule has 1 aliphatic rings. The number of fused-ring (bicyclic) bond motifs is 1. The van der Waals surface area contributed by atoms with Crippen molar-refractivity contribution in [2.75, 3.05) is 19.0 Å². The van der Waals surface area contributed by atoms with E-state index in [0.717, 1.165) is 41.5 Å². The predicted molar refractivity (Wildman–Crippen MR) is 76.5 cm³/mol. The molecule has 20 heavy (non-hydrogen) atoms. The van der Waals surface area contributed by atoms with Gasteiger partial charge in [-0.3, -0.25) is 4.68 Å². The molecule has 106 valence electrons. The number of aromatic nitrogens is 4. The van der Waals surface area contributed by atoms with Gasteiger partial charge in [-0.05, 0) is 13.8 Å². The summed E-state index contributed by atoms with van der Waals surface area (Å²) in [6.07, 6.45) is 4.64. The van der Waals surface area contributed by atoms with Gasteiger partial charge in [-0.15, -0.1) is 0 Å². The van der Waals surface area contributed by atoms with Crippen LogP contribution in [0.5, 0.6) is 0 Å². The first-order valence-electron chi connectivity index (χ1n) is 6.89. The number of nitrogens with zero attached hydrogens (tertiary/aromatic N) is 4. The van der Waals surface area contributed by atoms with Crippen LogP contribution in [0.3, 0.4) is 0 Å². The third kappa shape index (κ3) is 2.27. The molecule has 2 aromatic rings. The van der Waals surface area contributed by atoms with Crippen molar-refractivity contribution in [2.45, 2.75) is 32.9 Å². The topological polar surface area (TPSA) is 64.9 Å². The zero-order valence-corrected chi connectivity index (χ0v) is 12.1. The quantitative estimate of drug-likeness (QED) is 0.927. The second kappa shape index (κ2) is 5.20. The van der Waals surface area contributed by atoms with E-state index in [1.165, 1.54) is 0 Å². The van der Waals surface area contributed by atoms with Gasteiger partial charge in [-0.25, -0.2) is 9.97 Å². The molecule has 0 amide bonds. The van der Waals surface area contributed by atoms with Gasteiger partial charge >= 0.3 is 0 Å². The Balaban J connectivity index is 2.04. The van der Waals surface area contributed by atoms with E-state index in [1.807, 2.05) is 24.1 Å². The lowest BCUT2D eigenvalue weighted by molar-refractivity contribution is 0.109. The van der Waals surface area contributed by atoms with E-state index in [2.05, 4.69) is 34.2 Å². The molecule has 0 atom stereocenters. The third-order valence-corrected chi connectivity index (χ3v) is 3.45. The lowest BCUT2D eigenvalue weighted by Crippen LogP contribution is -2.16. The van der Waals surface area contributed by atoms with Crippen LogP contribution < -0.4 is 5.32 Å². The van der Waals surface area contributed by atoms with Crippen molar-refractivity contribution in [1.29, 1.82) is 0 Å². The Bertz CT molecular complexity index is 603. The summed E-state index contributed by atoms with van der Waals surface area (Å²) < 4.78 is 7.40.